The molecule has 0 spiro atoms. The van der Waals surface area contributed by atoms with E-state index in [1.165, 1.54) is 14.0 Å². The number of carboxylic acid groups (broad SMARTS) is 1. The maximum Gasteiger partial charge on any atom is 0.329 e. The van der Waals surface area contributed by atoms with Gasteiger partial charge >= 0.3 is 5.97 Å². The molecule has 0 bridgehead atoms. The van der Waals surface area contributed by atoms with Gasteiger partial charge in [0.25, 0.3) is 5.91 Å². The molecule has 0 aromatic heterocycles. The summed E-state index contributed by atoms with van der Waals surface area (Å²) in [4.78, 5) is 23.2. The number of nitrogens with one attached hydrogen (secondary N) is 1. The van der Waals surface area contributed by atoms with Crippen LogP contribution in [-0.4, -0.2) is 35.2 Å². The second-order valence-corrected chi connectivity index (χ2v) is 4.63. The van der Waals surface area contributed by atoms with Gasteiger partial charge in [-0.3, -0.25) is 4.79 Å². The van der Waals surface area contributed by atoms with Gasteiger partial charge in [-0.05, 0) is 26.7 Å². The number of ether oxygens (including phenoxy) is 1. The molecule has 0 aliphatic carbocycles. The van der Waals surface area contributed by atoms with E-state index >= 15 is 0 Å². The number of rotatable bonds is 7. The molecule has 17 heavy (non-hydrogen) atoms. The average Bonchev–Trinajstić information content (AvgIpc) is 2.27. The Kier molecular flexibility index (Phi) is 5.61. The number of amides is 1. The van der Waals surface area contributed by atoms with Crippen LogP contribution in [-0.2, 0) is 14.3 Å². The molecule has 0 aliphatic rings. The van der Waals surface area contributed by atoms with Gasteiger partial charge in [0, 0.05) is 7.11 Å². The first-order valence-electron chi connectivity index (χ1n) is 5.87. The van der Waals surface area contributed by atoms with Crippen LogP contribution in [0.1, 0.15) is 47.0 Å². The number of hydrogen-bond acceptors (Lipinski definition) is 3. The van der Waals surface area contributed by atoms with Crippen molar-refractivity contribution in [3.05, 3.63) is 0 Å². The van der Waals surface area contributed by atoms with Gasteiger partial charge in [-0.15, -0.1) is 0 Å². The van der Waals surface area contributed by atoms with Gasteiger partial charge in [0.15, 0.2) is 0 Å². The molecule has 0 rings (SSSR count). The van der Waals surface area contributed by atoms with E-state index in [0.717, 1.165) is 0 Å². The summed E-state index contributed by atoms with van der Waals surface area (Å²) < 4.78 is 5.15. The summed E-state index contributed by atoms with van der Waals surface area (Å²) in [6.07, 6.45) is 1.55. The van der Waals surface area contributed by atoms with Gasteiger partial charge in [-0.25, -0.2) is 4.79 Å². The lowest BCUT2D eigenvalue weighted by Crippen LogP contribution is -2.58. The van der Waals surface area contributed by atoms with Crippen molar-refractivity contribution in [3.63, 3.8) is 0 Å². The SMILES string of the molecule is CCCC(C)(NC(=O)C(C)(CC)OC)C(=O)O. The third-order valence-electron chi connectivity index (χ3n) is 3.22. The van der Waals surface area contributed by atoms with Gasteiger partial charge in [0.05, 0.1) is 0 Å². The van der Waals surface area contributed by atoms with Gasteiger partial charge in [-0.1, -0.05) is 20.3 Å². The van der Waals surface area contributed by atoms with Gasteiger partial charge < -0.3 is 15.2 Å². The zero-order valence-corrected chi connectivity index (χ0v) is 11.3. The lowest BCUT2D eigenvalue weighted by Gasteiger charge is -2.32. The maximum absolute atomic E-state index is 12.0. The van der Waals surface area contributed by atoms with Crippen molar-refractivity contribution in [2.45, 2.75) is 58.1 Å². The Hall–Kier alpha value is -1.10. The molecule has 0 heterocycles. The number of carbonyl (C=O) groups is 2. The number of carbonyl (C=O) groups excluding carboxylic acids is 1. The summed E-state index contributed by atoms with van der Waals surface area (Å²) in [5.74, 6) is -1.41. The lowest BCUT2D eigenvalue weighted by molar-refractivity contribution is -0.153. The Morgan fingerprint density at radius 3 is 2.12 bits per heavy atom. The summed E-state index contributed by atoms with van der Waals surface area (Å²) in [6.45, 7) is 6.86. The highest BCUT2D eigenvalue weighted by molar-refractivity contribution is 5.91. The Morgan fingerprint density at radius 1 is 1.29 bits per heavy atom. The largest absolute Gasteiger partial charge is 0.480 e. The summed E-state index contributed by atoms with van der Waals surface area (Å²) >= 11 is 0. The van der Waals surface area contributed by atoms with Crippen molar-refractivity contribution in [1.82, 2.24) is 5.32 Å². The molecule has 2 atom stereocenters. The molecule has 0 aromatic rings. The fourth-order valence-electron chi connectivity index (χ4n) is 1.50. The van der Waals surface area contributed by atoms with E-state index in [0.29, 0.717) is 19.3 Å². The third-order valence-corrected chi connectivity index (χ3v) is 3.22. The molecule has 0 radical (unpaired) electrons. The van der Waals surface area contributed by atoms with E-state index < -0.39 is 17.1 Å². The Labute approximate surface area is 103 Å². The number of aliphatic carboxylic acids is 1. The monoisotopic (exact) mass is 245 g/mol. The minimum Gasteiger partial charge on any atom is -0.480 e. The summed E-state index contributed by atoms with van der Waals surface area (Å²) in [5, 5.41) is 11.7. The summed E-state index contributed by atoms with van der Waals surface area (Å²) in [7, 11) is 1.45. The van der Waals surface area contributed by atoms with Crippen LogP contribution in [0, 0.1) is 0 Å². The Balaban J connectivity index is 4.90. The van der Waals surface area contributed by atoms with Crippen LogP contribution < -0.4 is 5.32 Å². The van der Waals surface area contributed by atoms with Crippen LogP contribution in [0.4, 0.5) is 0 Å². The molecule has 0 saturated carbocycles. The fraction of sp³-hybridized carbons (Fsp3) is 0.833. The molecule has 100 valence electrons. The number of carboxylic acids is 1. The van der Waals surface area contributed by atoms with Crippen molar-refractivity contribution in [2.75, 3.05) is 7.11 Å². The zero-order valence-electron chi connectivity index (χ0n) is 11.3. The highest BCUT2D eigenvalue weighted by Crippen LogP contribution is 2.19. The quantitative estimate of drug-likeness (QED) is 0.713. The predicted octanol–water partition coefficient (Wildman–Crippen LogP) is 1.56. The maximum atomic E-state index is 12.0. The van der Waals surface area contributed by atoms with E-state index in [4.69, 9.17) is 9.84 Å². The van der Waals surface area contributed by atoms with Crippen molar-refractivity contribution in [1.29, 1.82) is 0 Å². The lowest BCUT2D eigenvalue weighted by atomic mass is 9.93. The topological polar surface area (TPSA) is 75.6 Å². The summed E-state index contributed by atoms with van der Waals surface area (Å²) in [6, 6.07) is 0. The van der Waals surface area contributed by atoms with Gasteiger partial charge in [0.2, 0.25) is 0 Å². The van der Waals surface area contributed by atoms with Crippen LogP contribution >= 0.6 is 0 Å². The Bertz CT molecular complexity index is 286. The van der Waals surface area contributed by atoms with E-state index in [2.05, 4.69) is 5.32 Å². The van der Waals surface area contributed by atoms with Crippen LogP contribution in [0.3, 0.4) is 0 Å². The van der Waals surface area contributed by atoms with Crippen LogP contribution in [0.15, 0.2) is 0 Å². The highest BCUT2D eigenvalue weighted by atomic mass is 16.5. The van der Waals surface area contributed by atoms with Gasteiger partial charge in [-0.2, -0.15) is 0 Å². The minimum atomic E-state index is -1.24. The van der Waals surface area contributed by atoms with Crippen molar-refractivity contribution < 1.29 is 19.4 Å². The predicted molar refractivity (Wildman–Crippen MR) is 64.8 cm³/mol. The molecule has 5 nitrogen and oxygen atoms in total. The van der Waals surface area contributed by atoms with Gasteiger partial charge in [0.1, 0.15) is 11.1 Å². The molecule has 2 N–H and O–H groups in total. The van der Waals surface area contributed by atoms with Crippen LogP contribution in [0.2, 0.25) is 0 Å². The molecular formula is C12H23NO4. The van der Waals surface area contributed by atoms with E-state index in [1.54, 1.807) is 6.92 Å². The smallest absolute Gasteiger partial charge is 0.329 e. The first-order valence-corrected chi connectivity index (χ1v) is 5.87. The van der Waals surface area contributed by atoms with E-state index in [1.807, 2.05) is 13.8 Å². The highest BCUT2D eigenvalue weighted by Gasteiger charge is 2.40. The Morgan fingerprint density at radius 2 is 1.82 bits per heavy atom. The van der Waals surface area contributed by atoms with Crippen molar-refractivity contribution in [3.8, 4) is 0 Å². The molecule has 0 fully saturated rings. The van der Waals surface area contributed by atoms with Crippen molar-refractivity contribution in [2.24, 2.45) is 0 Å². The van der Waals surface area contributed by atoms with Crippen LogP contribution in [0.5, 0.6) is 0 Å². The normalized spacial score (nSPS) is 17.9. The van der Waals surface area contributed by atoms with E-state index in [9.17, 15) is 9.59 Å². The second kappa shape index (κ2) is 6.00. The summed E-state index contributed by atoms with van der Waals surface area (Å²) in [5.41, 5.74) is -2.22. The average molecular weight is 245 g/mol. The molecule has 0 aliphatic heterocycles. The molecular weight excluding hydrogens is 222 g/mol. The molecule has 1 amide bonds. The second-order valence-electron chi connectivity index (χ2n) is 4.63. The number of hydrogen-bond donors (Lipinski definition) is 2. The third kappa shape index (κ3) is 3.70. The number of methoxy groups -OCH3 is 1. The first-order chi connectivity index (χ1) is 7.75. The zero-order chi connectivity index (χ0) is 13.7. The van der Waals surface area contributed by atoms with Crippen molar-refractivity contribution >= 4 is 11.9 Å². The molecule has 5 heteroatoms. The minimum absolute atomic E-state index is 0.386. The van der Waals surface area contributed by atoms with Crippen LogP contribution in [0.25, 0.3) is 0 Å². The first kappa shape index (κ1) is 15.9. The fourth-order valence-corrected chi connectivity index (χ4v) is 1.50. The molecule has 0 aromatic carbocycles. The molecule has 2 unspecified atom stereocenters. The standard InChI is InChI=1S/C12H23NO4/c1-6-8-11(3,10(15)16)13-9(14)12(4,7-2)17-5/h6-8H2,1-5H3,(H,13,14)(H,15,16). The van der Waals surface area contributed by atoms with E-state index in [-0.39, 0.29) is 5.91 Å². The molecule has 0 saturated heterocycles.